The zero-order valence-electron chi connectivity index (χ0n) is 8.70. The smallest absolute Gasteiger partial charge is 0.0875 e. The summed E-state index contributed by atoms with van der Waals surface area (Å²) < 4.78 is 5.62. The third-order valence-electron chi connectivity index (χ3n) is 4.66. The minimum Gasteiger partial charge on any atom is -0.369 e. The van der Waals surface area contributed by atoms with E-state index in [1.165, 1.54) is 12.8 Å². The van der Waals surface area contributed by atoms with Crippen LogP contribution >= 0.6 is 0 Å². The van der Waals surface area contributed by atoms with Gasteiger partial charge >= 0.3 is 0 Å². The lowest BCUT2D eigenvalue weighted by atomic mass is 9.81. The molecule has 0 spiro atoms. The van der Waals surface area contributed by atoms with Crippen molar-refractivity contribution in [2.45, 2.75) is 51.7 Å². The molecule has 3 aliphatic carbocycles. The van der Waals surface area contributed by atoms with Crippen molar-refractivity contribution in [2.75, 3.05) is 0 Å². The Morgan fingerprint density at radius 3 is 2.54 bits per heavy atom. The monoisotopic (exact) mass is 180 g/mol. The molecule has 0 radical (unpaired) electrons. The minimum absolute atomic E-state index is 0.730. The lowest BCUT2D eigenvalue weighted by Crippen LogP contribution is -2.22. The number of hydrogen-bond donors (Lipinski definition) is 0. The zero-order chi connectivity index (χ0) is 9.00. The summed E-state index contributed by atoms with van der Waals surface area (Å²) in [5, 5.41) is 0. The number of rotatable bonds is 0. The molecule has 6 atom stereocenters. The lowest BCUT2D eigenvalue weighted by molar-refractivity contribution is 0.147. The van der Waals surface area contributed by atoms with Crippen LogP contribution in [0.4, 0.5) is 0 Å². The summed E-state index contributed by atoms with van der Waals surface area (Å²) in [4.78, 5) is 0. The summed E-state index contributed by atoms with van der Waals surface area (Å²) in [5.74, 6) is 4.35. The molecule has 1 heterocycles. The number of epoxide rings is 1. The van der Waals surface area contributed by atoms with Crippen LogP contribution < -0.4 is 0 Å². The minimum atomic E-state index is 0.730. The summed E-state index contributed by atoms with van der Waals surface area (Å²) in [7, 11) is 0. The average molecular weight is 180 g/mol. The second-order valence-electron chi connectivity index (χ2n) is 4.95. The summed E-state index contributed by atoms with van der Waals surface area (Å²) >= 11 is 0. The molecular formula is C12H20O. The van der Waals surface area contributed by atoms with E-state index in [2.05, 4.69) is 0 Å². The number of ether oxygens (including phenoxy) is 1. The molecular weight excluding hydrogens is 160 g/mol. The predicted molar refractivity (Wildman–Crippen MR) is 52.4 cm³/mol. The van der Waals surface area contributed by atoms with Crippen molar-refractivity contribution in [3.8, 4) is 0 Å². The second-order valence-corrected chi connectivity index (χ2v) is 4.95. The molecule has 0 N–H and O–H groups in total. The van der Waals surface area contributed by atoms with Crippen LogP contribution in [-0.2, 0) is 4.74 Å². The van der Waals surface area contributed by atoms with Gasteiger partial charge in [-0.15, -0.1) is 0 Å². The van der Waals surface area contributed by atoms with Crippen LogP contribution in [-0.4, -0.2) is 12.2 Å². The van der Waals surface area contributed by atoms with Crippen LogP contribution in [0.25, 0.3) is 0 Å². The Kier molecular flexibility index (Phi) is 1.74. The molecule has 3 saturated carbocycles. The van der Waals surface area contributed by atoms with Gasteiger partial charge in [0, 0.05) is 0 Å². The molecule has 0 aromatic rings. The summed E-state index contributed by atoms with van der Waals surface area (Å²) in [6, 6.07) is 0. The molecule has 4 rings (SSSR count). The van der Waals surface area contributed by atoms with Gasteiger partial charge in [0.15, 0.2) is 0 Å². The van der Waals surface area contributed by atoms with Gasteiger partial charge in [-0.25, -0.2) is 0 Å². The van der Waals surface area contributed by atoms with Gasteiger partial charge in [-0.3, -0.25) is 0 Å². The van der Waals surface area contributed by atoms with Crippen molar-refractivity contribution in [3.63, 3.8) is 0 Å². The van der Waals surface area contributed by atoms with Crippen molar-refractivity contribution < 1.29 is 4.74 Å². The standard InChI is InChI=1S/C10H14O.C2H6/c1-2-6-3-5(1)7-4-8-10(11-8)9(6)7;1-2/h5-10H,1-4H2;1-2H3. The first-order valence-corrected chi connectivity index (χ1v) is 6.09. The molecule has 0 amide bonds. The molecule has 0 aromatic heterocycles. The highest BCUT2D eigenvalue weighted by Gasteiger charge is 2.64. The van der Waals surface area contributed by atoms with Crippen molar-refractivity contribution >= 4 is 0 Å². The highest BCUT2D eigenvalue weighted by atomic mass is 16.6. The van der Waals surface area contributed by atoms with Gasteiger partial charge in [-0.05, 0) is 49.4 Å². The first kappa shape index (κ1) is 8.28. The molecule has 1 aliphatic heterocycles. The third kappa shape index (κ3) is 0.971. The van der Waals surface area contributed by atoms with Crippen molar-refractivity contribution in [3.05, 3.63) is 0 Å². The van der Waals surface area contributed by atoms with E-state index >= 15 is 0 Å². The molecule has 4 fully saturated rings. The molecule has 0 aromatic carbocycles. The molecule has 1 saturated heterocycles. The van der Waals surface area contributed by atoms with Gasteiger partial charge in [0.25, 0.3) is 0 Å². The van der Waals surface area contributed by atoms with E-state index in [1.54, 1.807) is 12.8 Å². The second kappa shape index (κ2) is 2.73. The van der Waals surface area contributed by atoms with Crippen LogP contribution in [0.3, 0.4) is 0 Å². The van der Waals surface area contributed by atoms with Crippen LogP contribution in [0.1, 0.15) is 39.5 Å². The largest absolute Gasteiger partial charge is 0.369 e. The average Bonchev–Trinajstić information content (AvgIpc) is 2.61. The molecule has 4 aliphatic rings. The maximum absolute atomic E-state index is 5.62. The molecule has 6 unspecified atom stereocenters. The van der Waals surface area contributed by atoms with E-state index in [0.717, 1.165) is 35.9 Å². The summed E-state index contributed by atoms with van der Waals surface area (Å²) in [6.45, 7) is 4.00. The maximum atomic E-state index is 5.62. The Hall–Kier alpha value is -0.0400. The number of hydrogen-bond acceptors (Lipinski definition) is 1. The zero-order valence-corrected chi connectivity index (χ0v) is 8.70. The van der Waals surface area contributed by atoms with Crippen LogP contribution in [0.2, 0.25) is 0 Å². The van der Waals surface area contributed by atoms with Gasteiger partial charge in [0.05, 0.1) is 12.2 Å². The Morgan fingerprint density at radius 1 is 1.00 bits per heavy atom. The van der Waals surface area contributed by atoms with E-state index in [9.17, 15) is 0 Å². The van der Waals surface area contributed by atoms with E-state index in [4.69, 9.17) is 4.74 Å². The highest BCUT2D eigenvalue weighted by Crippen LogP contribution is 2.64. The van der Waals surface area contributed by atoms with Crippen molar-refractivity contribution in [1.82, 2.24) is 0 Å². The molecule has 74 valence electrons. The highest BCUT2D eigenvalue weighted by molar-refractivity contribution is 5.12. The van der Waals surface area contributed by atoms with Gasteiger partial charge in [-0.1, -0.05) is 13.8 Å². The third-order valence-corrected chi connectivity index (χ3v) is 4.66. The normalized spacial score (nSPS) is 59.5. The first-order chi connectivity index (χ1) is 6.43. The van der Waals surface area contributed by atoms with E-state index in [0.29, 0.717) is 0 Å². The van der Waals surface area contributed by atoms with E-state index in [-0.39, 0.29) is 0 Å². The van der Waals surface area contributed by atoms with Crippen molar-refractivity contribution in [2.24, 2.45) is 23.7 Å². The molecule has 1 nitrogen and oxygen atoms in total. The van der Waals surface area contributed by atoms with Crippen LogP contribution in [0.15, 0.2) is 0 Å². The summed E-state index contributed by atoms with van der Waals surface area (Å²) in [5.41, 5.74) is 0. The topological polar surface area (TPSA) is 12.5 Å². The molecule has 13 heavy (non-hydrogen) atoms. The molecule has 2 bridgehead atoms. The van der Waals surface area contributed by atoms with Gasteiger partial charge in [0.2, 0.25) is 0 Å². The van der Waals surface area contributed by atoms with Gasteiger partial charge in [0.1, 0.15) is 0 Å². The molecule has 1 heteroatoms. The first-order valence-electron chi connectivity index (χ1n) is 6.09. The summed E-state index contributed by atoms with van der Waals surface area (Å²) in [6.07, 6.45) is 7.53. The predicted octanol–water partition coefficient (Wildman–Crippen LogP) is 2.85. The Bertz CT molecular complexity index is 213. The van der Waals surface area contributed by atoms with Crippen LogP contribution in [0.5, 0.6) is 0 Å². The van der Waals surface area contributed by atoms with Gasteiger partial charge < -0.3 is 4.74 Å². The fourth-order valence-corrected chi connectivity index (χ4v) is 4.27. The van der Waals surface area contributed by atoms with E-state index in [1.807, 2.05) is 13.8 Å². The van der Waals surface area contributed by atoms with Crippen molar-refractivity contribution in [1.29, 1.82) is 0 Å². The van der Waals surface area contributed by atoms with Gasteiger partial charge in [-0.2, -0.15) is 0 Å². The SMILES string of the molecule is C1CC2CC1C1CC3OC3C21.CC. The Morgan fingerprint density at radius 2 is 1.77 bits per heavy atom. The maximum Gasteiger partial charge on any atom is 0.0875 e. The fraction of sp³-hybridized carbons (Fsp3) is 1.00. The van der Waals surface area contributed by atoms with E-state index < -0.39 is 0 Å². The number of fused-ring (bicyclic) bond motifs is 7. The Balaban J connectivity index is 0.000000266. The van der Waals surface area contributed by atoms with Crippen LogP contribution in [0, 0.1) is 23.7 Å². The Labute approximate surface area is 80.8 Å². The fourth-order valence-electron chi connectivity index (χ4n) is 4.27. The lowest BCUT2D eigenvalue weighted by Gasteiger charge is -2.25. The quantitative estimate of drug-likeness (QED) is 0.522.